The van der Waals surface area contributed by atoms with Crippen molar-refractivity contribution in [3.05, 3.63) is 59.9 Å². The zero-order valence-electron chi connectivity index (χ0n) is 17.2. The van der Waals surface area contributed by atoms with Gasteiger partial charge in [0.15, 0.2) is 5.96 Å². The summed E-state index contributed by atoms with van der Waals surface area (Å²) in [6.07, 6.45) is 6.11. The van der Waals surface area contributed by atoms with Gasteiger partial charge < -0.3 is 24.8 Å². The average molecular weight is 528 g/mol. The van der Waals surface area contributed by atoms with Gasteiger partial charge in [-0.1, -0.05) is 0 Å². The molecule has 6 nitrogen and oxygen atoms in total. The molecule has 3 rings (SSSR count). The number of fused-ring (bicyclic) bond motifs is 1. The van der Waals surface area contributed by atoms with Gasteiger partial charge >= 0.3 is 0 Å². The lowest BCUT2D eigenvalue weighted by molar-refractivity contribution is 0.146. The number of ether oxygens (including phenoxy) is 1. The Morgan fingerprint density at radius 3 is 2.80 bits per heavy atom. The second-order valence-electron chi connectivity index (χ2n) is 6.72. The van der Waals surface area contributed by atoms with Gasteiger partial charge in [-0.15, -0.1) is 24.0 Å². The number of halogens is 2. The summed E-state index contributed by atoms with van der Waals surface area (Å²) in [6, 6.07) is 8.69. The van der Waals surface area contributed by atoms with E-state index in [-0.39, 0.29) is 29.8 Å². The van der Waals surface area contributed by atoms with Crippen molar-refractivity contribution in [2.24, 2.45) is 4.99 Å². The van der Waals surface area contributed by atoms with Crippen LogP contribution in [0.4, 0.5) is 4.39 Å². The molecule has 0 fully saturated rings. The molecule has 0 amide bonds. The summed E-state index contributed by atoms with van der Waals surface area (Å²) in [4.78, 5) is 7.77. The Hall–Kier alpha value is -2.07. The molecule has 0 saturated carbocycles. The van der Waals surface area contributed by atoms with Gasteiger partial charge in [-0.3, -0.25) is 4.99 Å². The van der Waals surface area contributed by atoms with Crippen LogP contribution in [0.25, 0.3) is 10.9 Å². The molecule has 8 heteroatoms. The fourth-order valence-electron chi connectivity index (χ4n) is 3.12. The highest BCUT2D eigenvalue weighted by atomic mass is 127. The minimum absolute atomic E-state index is 0. The third-order valence-corrected chi connectivity index (χ3v) is 4.58. The van der Waals surface area contributed by atoms with Crippen molar-refractivity contribution in [1.82, 2.24) is 15.6 Å². The number of aliphatic imine (C=N–C) groups is 1. The van der Waals surface area contributed by atoms with Crippen molar-refractivity contribution < 1.29 is 13.5 Å². The molecule has 0 radical (unpaired) electrons. The smallest absolute Gasteiger partial charge is 0.191 e. The van der Waals surface area contributed by atoms with E-state index in [0.717, 1.165) is 67.1 Å². The van der Waals surface area contributed by atoms with Crippen LogP contribution in [0.5, 0.6) is 0 Å². The third-order valence-electron chi connectivity index (χ3n) is 4.58. The number of nitrogens with zero attached hydrogens (tertiary/aromatic N) is 1. The molecule has 0 spiro atoms. The number of furan rings is 1. The SMILES string of the molecule is CCOCCCN=C(NCCc1ccco1)NCCc1c[nH]c2cc(F)ccc12.I. The van der Waals surface area contributed by atoms with Crippen LogP contribution in [0.3, 0.4) is 0 Å². The molecular weight excluding hydrogens is 498 g/mol. The lowest BCUT2D eigenvalue weighted by Gasteiger charge is -2.12. The van der Waals surface area contributed by atoms with Crippen molar-refractivity contribution in [2.45, 2.75) is 26.2 Å². The van der Waals surface area contributed by atoms with Crippen LogP contribution >= 0.6 is 24.0 Å². The minimum Gasteiger partial charge on any atom is -0.469 e. The van der Waals surface area contributed by atoms with Crippen LogP contribution in [0.15, 0.2) is 52.2 Å². The number of hydrogen-bond donors (Lipinski definition) is 3. The normalized spacial score (nSPS) is 11.5. The lowest BCUT2D eigenvalue weighted by Crippen LogP contribution is -2.39. The molecule has 30 heavy (non-hydrogen) atoms. The van der Waals surface area contributed by atoms with E-state index in [0.29, 0.717) is 13.2 Å². The maximum absolute atomic E-state index is 13.3. The van der Waals surface area contributed by atoms with Gasteiger partial charge in [-0.05, 0) is 55.7 Å². The van der Waals surface area contributed by atoms with E-state index >= 15 is 0 Å². The molecule has 1 aromatic carbocycles. The molecule has 0 bridgehead atoms. The summed E-state index contributed by atoms with van der Waals surface area (Å²) < 4.78 is 24.1. The highest BCUT2D eigenvalue weighted by Gasteiger charge is 2.06. The van der Waals surface area contributed by atoms with E-state index in [1.807, 2.05) is 31.3 Å². The zero-order chi connectivity index (χ0) is 20.3. The minimum atomic E-state index is -0.230. The second-order valence-corrected chi connectivity index (χ2v) is 6.72. The lowest BCUT2D eigenvalue weighted by atomic mass is 10.1. The van der Waals surface area contributed by atoms with E-state index < -0.39 is 0 Å². The maximum atomic E-state index is 13.3. The van der Waals surface area contributed by atoms with E-state index in [1.54, 1.807) is 6.26 Å². The van der Waals surface area contributed by atoms with E-state index in [4.69, 9.17) is 9.15 Å². The Morgan fingerprint density at radius 1 is 1.20 bits per heavy atom. The largest absolute Gasteiger partial charge is 0.469 e. The van der Waals surface area contributed by atoms with Crippen molar-refractivity contribution in [3.63, 3.8) is 0 Å². The monoisotopic (exact) mass is 528 g/mol. The van der Waals surface area contributed by atoms with Crippen molar-refractivity contribution >= 4 is 40.8 Å². The summed E-state index contributed by atoms with van der Waals surface area (Å²) in [5.74, 6) is 1.49. The van der Waals surface area contributed by atoms with Crippen LogP contribution in [0.2, 0.25) is 0 Å². The first-order valence-electron chi connectivity index (χ1n) is 10.1. The third kappa shape index (κ3) is 7.64. The summed E-state index contributed by atoms with van der Waals surface area (Å²) in [5, 5.41) is 7.79. The second kappa shape index (κ2) is 13.3. The van der Waals surface area contributed by atoms with Gasteiger partial charge in [0.1, 0.15) is 11.6 Å². The number of H-pyrrole nitrogens is 1. The standard InChI is InChI=1S/C22H29FN4O2.HI/c1-2-28-13-4-10-24-22(26-12-9-19-5-3-14-29-19)25-11-8-17-16-27-21-15-18(23)6-7-20(17)21;/h3,5-7,14-16,27H,2,4,8-13H2,1H3,(H2,24,25,26);1H. The van der Waals surface area contributed by atoms with Crippen molar-refractivity contribution in [2.75, 3.05) is 32.8 Å². The first-order chi connectivity index (χ1) is 14.3. The maximum Gasteiger partial charge on any atom is 0.191 e. The summed E-state index contributed by atoms with van der Waals surface area (Å²) in [5.41, 5.74) is 1.97. The number of guanidine groups is 1. The Labute approximate surface area is 193 Å². The summed E-state index contributed by atoms with van der Waals surface area (Å²) >= 11 is 0. The Morgan fingerprint density at radius 2 is 2.03 bits per heavy atom. The van der Waals surface area contributed by atoms with Crippen LogP contribution in [0.1, 0.15) is 24.7 Å². The molecular formula is C22H30FIN4O2. The van der Waals surface area contributed by atoms with Crippen molar-refractivity contribution in [1.29, 1.82) is 0 Å². The van der Waals surface area contributed by atoms with Crippen LogP contribution < -0.4 is 10.6 Å². The molecule has 2 aromatic heterocycles. The van der Waals surface area contributed by atoms with Crippen LogP contribution in [0, 0.1) is 5.82 Å². The van der Waals surface area contributed by atoms with Gasteiger partial charge in [0.2, 0.25) is 0 Å². The molecule has 2 heterocycles. The highest BCUT2D eigenvalue weighted by molar-refractivity contribution is 14.0. The molecule has 0 saturated heterocycles. The number of aromatic nitrogens is 1. The predicted molar refractivity (Wildman–Crippen MR) is 129 cm³/mol. The number of benzene rings is 1. The number of aromatic amines is 1. The van der Waals surface area contributed by atoms with Gasteiger partial charge in [0.05, 0.1) is 6.26 Å². The highest BCUT2D eigenvalue weighted by Crippen LogP contribution is 2.19. The van der Waals surface area contributed by atoms with Gasteiger partial charge in [0.25, 0.3) is 0 Å². The van der Waals surface area contributed by atoms with E-state index in [2.05, 4.69) is 20.6 Å². The molecule has 0 atom stereocenters. The Balaban J connectivity index is 0.00000320. The topological polar surface area (TPSA) is 74.6 Å². The molecule has 3 aromatic rings. The first kappa shape index (κ1) is 24.2. The van der Waals surface area contributed by atoms with Gasteiger partial charge in [0, 0.05) is 56.4 Å². The van der Waals surface area contributed by atoms with Gasteiger partial charge in [-0.25, -0.2) is 4.39 Å². The quantitative estimate of drug-likeness (QED) is 0.151. The molecule has 164 valence electrons. The van der Waals surface area contributed by atoms with E-state index in [9.17, 15) is 4.39 Å². The molecule has 0 aliphatic carbocycles. The molecule has 3 N–H and O–H groups in total. The van der Waals surface area contributed by atoms with Crippen molar-refractivity contribution in [3.8, 4) is 0 Å². The van der Waals surface area contributed by atoms with Gasteiger partial charge in [-0.2, -0.15) is 0 Å². The van der Waals surface area contributed by atoms with Crippen LogP contribution in [-0.4, -0.2) is 43.8 Å². The van der Waals surface area contributed by atoms with E-state index in [1.165, 1.54) is 12.1 Å². The Bertz CT molecular complexity index is 896. The molecule has 0 aliphatic rings. The van der Waals surface area contributed by atoms with Crippen LogP contribution in [-0.2, 0) is 17.6 Å². The molecule has 0 unspecified atom stereocenters. The fourth-order valence-corrected chi connectivity index (χ4v) is 3.12. The number of hydrogen-bond acceptors (Lipinski definition) is 3. The Kier molecular flexibility index (Phi) is 10.7. The molecule has 0 aliphatic heterocycles. The first-order valence-corrected chi connectivity index (χ1v) is 10.1. The predicted octanol–water partition coefficient (Wildman–Crippen LogP) is 4.27. The summed E-state index contributed by atoms with van der Waals surface area (Å²) in [7, 11) is 0. The average Bonchev–Trinajstić information content (AvgIpc) is 3.37. The number of nitrogens with one attached hydrogen (secondary N) is 3. The summed E-state index contributed by atoms with van der Waals surface area (Å²) in [6.45, 7) is 5.59. The zero-order valence-corrected chi connectivity index (χ0v) is 19.6. The number of rotatable bonds is 11. The fraction of sp³-hybridized carbons (Fsp3) is 0.409.